The van der Waals surface area contributed by atoms with Gasteiger partial charge in [0, 0.05) is 31.2 Å². The van der Waals surface area contributed by atoms with E-state index in [2.05, 4.69) is 20.4 Å². The van der Waals surface area contributed by atoms with Crippen molar-refractivity contribution in [2.24, 2.45) is 0 Å². The summed E-state index contributed by atoms with van der Waals surface area (Å²) >= 11 is 0. The summed E-state index contributed by atoms with van der Waals surface area (Å²) in [7, 11) is 0.289. The number of rotatable bonds is 4. The predicted molar refractivity (Wildman–Crippen MR) is 76.8 cm³/mol. The quantitative estimate of drug-likeness (QED) is 0.808. The van der Waals surface area contributed by atoms with Crippen LogP contribution in [0.4, 0.5) is 0 Å². The lowest BCUT2D eigenvalue weighted by molar-refractivity contribution is 0.290. The molecule has 114 valence electrons. The van der Waals surface area contributed by atoms with Crippen LogP contribution in [0.2, 0.25) is 0 Å². The summed E-state index contributed by atoms with van der Waals surface area (Å²) in [6, 6.07) is -0.0433. The molecule has 0 amide bonds. The van der Waals surface area contributed by atoms with Crippen LogP contribution in [0.25, 0.3) is 0 Å². The molecule has 8 heteroatoms. The van der Waals surface area contributed by atoms with Gasteiger partial charge >= 0.3 is 0 Å². The molecule has 1 aromatic rings. The smallest absolute Gasteiger partial charge is 0.260 e. The molecule has 0 spiro atoms. The van der Waals surface area contributed by atoms with Gasteiger partial charge in [-0.3, -0.25) is 5.10 Å². The summed E-state index contributed by atoms with van der Waals surface area (Å²) in [6.07, 6.45) is 2.41. The summed E-state index contributed by atoms with van der Waals surface area (Å²) in [5.41, 5.74) is 0.678. The third-order valence-electron chi connectivity index (χ3n) is 3.60. The molecular formula is C12H23N5O2S. The third kappa shape index (κ3) is 3.03. The van der Waals surface area contributed by atoms with Crippen LogP contribution in [-0.2, 0) is 16.6 Å². The molecule has 7 nitrogen and oxygen atoms in total. The second-order valence-corrected chi connectivity index (χ2v) is 7.16. The molecular weight excluding hydrogens is 278 g/mol. The fourth-order valence-electron chi connectivity index (χ4n) is 2.66. The van der Waals surface area contributed by atoms with Gasteiger partial charge in [-0.15, -0.1) is 0 Å². The maximum absolute atomic E-state index is 12.8. The van der Waals surface area contributed by atoms with Crippen molar-refractivity contribution in [3.63, 3.8) is 0 Å². The molecule has 0 saturated carbocycles. The normalized spacial score (nSPS) is 22.9. The lowest BCUT2D eigenvalue weighted by atomic mass is 10.3. The van der Waals surface area contributed by atoms with Crippen LogP contribution in [0.3, 0.4) is 0 Å². The van der Waals surface area contributed by atoms with Gasteiger partial charge in [-0.05, 0) is 34.0 Å². The van der Waals surface area contributed by atoms with E-state index in [-0.39, 0.29) is 11.1 Å². The van der Waals surface area contributed by atoms with Crippen molar-refractivity contribution in [1.82, 2.24) is 24.7 Å². The van der Waals surface area contributed by atoms with E-state index in [0.717, 1.165) is 19.5 Å². The Kier molecular flexibility index (Phi) is 4.79. The topological polar surface area (TPSA) is 81.3 Å². The van der Waals surface area contributed by atoms with Crippen molar-refractivity contribution in [1.29, 1.82) is 0 Å². The largest absolute Gasteiger partial charge is 0.316 e. The minimum absolute atomic E-state index is 0.0433. The monoisotopic (exact) mass is 301 g/mol. The van der Waals surface area contributed by atoms with Crippen LogP contribution in [-0.4, -0.2) is 67.6 Å². The molecule has 0 bridgehead atoms. The van der Waals surface area contributed by atoms with E-state index < -0.39 is 10.0 Å². The number of hydrogen-bond acceptors (Lipinski definition) is 5. The van der Waals surface area contributed by atoms with Gasteiger partial charge in [-0.1, -0.05) is 0 Å². The van der Waals surface area contributed by atoms with Crippen molar-refractivity contribution >= 4 is 10.0 Å². The van der Waals surface area contributed by atoms with Gasteiger partial charge in [0.15, 0.2) is 5.03 Å². The lowest BCUT2D eigenvalue weighted by Gasteiger charge is -2.26. The van der Waals surface area contributed by atoms with E-state index >= 15 is 0 Å². The molecule has 0 aromatic carbocycles. The van der Waals surface area contributed by atoms with Crippen LogP contribution < -0.4 is 5.32 Å². The minimum Gasteiger partial charge on any atom is -0.316 e. The van der Waals surface area contributed by atoms with Gasteiger partial charge in [0.2, 0.25) is 0 Å². The van der Waals surface area contributed by atoms with E-state index in [1.807, 2.05) is 14.0 Å². The predicted octanol–water partition coefficient (Wildman–Crippen LogP) is -0.156. The molecule has 20 heavy (non-hydrogen) atoms. The highest BCUT2D eigenvalue weighted by Gasteiger charge is 2.33. The van der Waals surface area contributed by atoms with Gasteiger partial charge in [0.25, 0.3) is 10.0 Å². The number of likely N-dealkylation sites (N-methyl/N-ethyl adjacent to an activating group) is 1. The average molecular weight is 301 g/mol. The van der Waals surface area contributed by atoms with E-state index in [0.29, 0.717) is 18.7 Å². The molecule has 1 aliphatic rings. The number of hydrogen-bond donors (Lipinski definition) is 2. The van der Waals surface area contributed by atoms with Crippen molar-refractivity contribution in [3.8, 4) is 0 Å². The molecule has 0 aliphatic carbocycles. The fraction of sp³-hybridized carbons (Fsp3) is 0.750. The molecule has 1 fully saturated rings. The molecule has 2 N–H and O–H groups in total. The van der Waals surface area contributed by atoms with Crippen molar-refractivity contribution < 1.29 is 8.42 Å². The standard InChI is InChI=1S/C12H23N5O2S/c1-10-9-16(3)5-4-6-17(10)20(18,19)12-11(7-13-2)8-14-15-12/h8,10,13H,4-7,9H2,1-3H3,(H,14,15). The summed E-state index contributed by atoms with van der Waals surface area (Å²) in [6.45, 7) is 4.64. The number of H-pyrrole nitrogens is 1. The third-order valence-corrected chi connectivity index (χ3v) is 5.63. The van der Waals surface area contributed by atoms with Gasteiger partial charge in [-0.2, -0.15) is 9.40 Å². The average Bonchev–Trinajstić information content (AvgIpc) is 2.76. The van der Waals surface area contributed by atoms with Crippen LogP contribution in [0, 0.1) is 0 Å². The Morgan fingerprint density at radius 2 is 2.25 bits per heavy atom. The lowest BCUT2D eigenvalue weighted by Crippen LogP contribution is -2.42. The molecule has 2 rings (SSSR count). The molecule has 1 atom stereocenters. The van der Waals surface area contributed by atoms with Gasteiger partial charge in [0.05, 0.1) is 6.20 Å². The highest BCUT2D eigenvalue weighted by Crippen LogP contribution is 2.22. The Balaban J connectivity index is 2.31. The summed E-state index contributed by atoms with van der Waals surface area (Å²) in [4.78, 5) is 2.17. The van der Waals surface area contributed by atoms with Crippen molar-refractivity contribution in [2.75, 3.05) is 33.7 Å². The van der Waals surface area contributed by atoms with Crippen LogP contribution in [0.1, 0.15) is 18.9 Å². The van der Waals surface area contributed by atoms with E-state index in [1.54, 1.807) is 17.5 Å². The first-order chi connectivity index (χ1) is 9.46. The number of sulfonamides is 1. The molecule has 1 aliphatic heterocycles. The van der Waals surface area contributed by atoms with E-state index in [9.17, 15) is 8.42 Å². The first kappa shape index (κ1) is 15.4. The first-order valence-electron chi connectivity index (χ1n) is 6.84. The van der Waals surface area contributed by atoms with Crippen LogP contribution >= 0.6 is 0 Å². The zero-order valence-electron chi connectivity index (χ0n) is 12.3. The first-order valence-corrected chi connectivity index (χ1v) is 8.28. The molecule has 0 radical (unpaired) electrons. The number of nitrogens with zero attached hydrogens (tertiary/aromatic N) is 3. The van der Waals surface area contributed by atoms with E-state index in [4.69, 9.17) is 0 Å². The molecule has 1 aromatic heterocycles. The minimum atomic E-state index is -3.52. The summed E-state index contributed by atoms with van der Waals surface area (Å²) < 4.78 is 27.2. The second kappa shape index (κ2) is 6.21. The van der Waals surface area contributed by atoms with Crippen molar-refractivity contribution in [3.05, 3.63) is 11.8 Å². The van der Waals surface area contributed by atoms with Gasteiger partial charge in [-0.25, -0.2) is 8.42 Å². The number of nitrogens with one attached hydrogen (secondary N) is 2. The zero-order chi connectivity index (χ0) is 14.8. The second-order valence-electron chi connectivity index (χ2n) is 5.34. The highest BCUT2D eigenvalue weighted by molar-refractivity contribution is 7.89. The van der Waals surface area contributed by atoms with Gasteiger partial charge in [0.1, 0.15) is 0 Å². The Labute approximate surface area is 120 Å². The summed E-state index contributed by atoms with van der Waals surface area (Å²) in [5, 5.41) is 9.71. The number of aromatic amines is 1. The molecule has 1 saturated heterocycles. The SMILES string of the molecule is CNCc1cn[nH]c1S(=O)(=O)N1CCCN(C)CC1C. The maximum atomic E-state index is 12.8. The molecule has 1 unspecified atom stereocenters. The Morgan fingerprint density at radius 3 is 2.95 bits per heavy atom. The van der Waals surface area contributed by atoms with Crippen LogP contribution in [0.5, 0.6) is 0 Å². The van der Waals surface area contributed by atoms with E-state index in [1.165, 1.54) is 0 Å². The fourth-order valence-corrected chi connectivity index (χ4v) is 4.43. The Bertz CT molecular complexity index is 542. The summed E-state index contributed by atoms with van der Waals surface area (Å²) in [5.74, 6) is 0. The Hall–Kier alpha value is -0.960. The maximum Gasteiger partial charge on any atom is 0.260 e. The number of aromatic nitrogens is 2. The Morgan fingerprint density at radius 1 is 1.50 bits per heavy atom. The van der Waals surface area contributed by atoms with Gasteiger partial charge < -0.3 is 10.2 Å². The van der Waals surface area contributed by atoms with Crippen LogP contribution in [0.15, 0.2) is 11.2 Å². The molecule has 2 heterocycles. The highest BCUT2D eigenvalue weighted by atomic mass is 32.2. The van der Waals surface area contributed by atoms with Crippen molar-refractivity contribution in [2.45, 2.75) is 31.0 Å². The zero-order valence-corrected chi connectivity index (χ0v) is 13.1.